The smallest absolute Gasteiger partial charge is 0.127 e. The van der Waals surface area contributed by atoms with E-state index in [4.69, 9.17) is 0 Å². The van der Waals surface area contributed by atoms with Crippen molar-refractivity contribution in [2.45, 2.75) is 38.1 Å². The van der Waals surface area contributed by atoms with Crippen LogP contribution in [-0.4, -0.2) is 68.1 Å². The number of aromatic nitrogens is 4. The number of nitriles is 1. The van der Waals surface area contributed by atoms with Crippen molar-refractivity contribution >= 4 is 17.8 Å². The van der Waals surface area contributed by atoms with E-state index in [9.17, 15) is 5.26 Å². The zero-order valence-corrected chi connectivity index (χ0v) is 20.8. The number of fused-ring (bicyclic) bond motifs is 1. The zero-order valence-electron chi connectivity index (χ0n) is 20.8. The lowest BCUT2D eigenvalue weighted by Gasteiger charge is -2.45. The van der Waals surface area contributed by atoms with E-state index in [1.807, 2.05) is 25.6 Å². The van der Waals surface area contributed by atoms with Gasteiger partial charge in [0.1, 0.15) is 11.9 Å². The van der Waals surface area contributed by atoms with Crippen molar-refractivity contribution in [2.75, 3.05) is 26.7 Å². The van der Waals surface area contributed by atoms with Crippen LogP contribution in [0.25, 0.3) is 22.2 Å². The number of rotatable bonds is 5. The van der Waals surface area contributed by atoms with E-state index in [-0.39, 0.29) is 5.54 Å². The molecule has 0 aromatic carbocycles. The number of allylic oxidation sites excluding steroid dienone is 3. The van der Waals surface area contributed by atoms with E-state index in [1.165, 1.54) is 25.8 Å². The second-order valence-corrected chi connectivity index (χ2v) is 9.82. The van der Waals surface area contributed by atoms with Gasteiger partial charge in [-0.3, -0.25) is 9.58 Å². The molecule has 2 fully saturated rings. The van der Waals surface area contributed by atoms with Crippen LogP contribution in [-0.2, 0) is 7.05 Å². The van der Waals surface area contributed by atoms with Gasteiger partial charge in [0, 0.05) is 54.8 Å². The van der Waals surface area contributed by atoms with Crippen molar-refractivity contribution in [3.63, 3.8) is 0 Å². The van der Waals surface area contributed by atoms with E-state index in [2.05, 4.69) is 70.0 Å². The summed E-state index contributed by atoms with van der Waals surface area (Å²) in [5, 5.41) is 18.4. The number of piperidine rings is 1. The van der Waals surface area contributed by atoms with Gasteiger partial charge in [0.2, 0.25) is 0 Å². The highest BCUT2D eigenvalue weighted by atomic mass is 15.3. The Hall–Kier alpha value is -3.70. The Morgan fingerprint density at radius 2 is 1.91 bits per heavy atom. The summed E-state index contributed by atoms with van der Waals surface area (Å²) in [6, 6.07) is 4.39. The molecule has 0 bridgehead atoms. The predicted molar refractivity (Wildman–Crippen MR) is 139 cm³/mol. The van der Waals surface area contributed by atoms with E-state index in [1.54, 1.807) is 15.4 Å². The van der Waals surface area contributed by atoms with Crippen LogP contribution >= 0.6 is 0 Å². The Bertz CT molecular complexity index is 1370. The Morgan fingerprint density at radius 1 is 1.11 bits per heavy atom. The van der Waals surface area contributed by atoms with Gasteiger partial charge < -0.3 is 4.90 Å². The number of likely N-dealkylation sites (tertiary alicyclic amines) is 2. The van der Waals surface area contributed by atoms with Crippen LogP contribution in [0.2, 0.25) is 0 Å². The summed E-state index contributed by atoms with van der Waals surface area (Å²) in [4.78, 5) is 9.31. The maximum atomic E-state index is 9.69. The highest BCUT2D eigenvalue weighted by Gasteiger charge is 2.42. The molecule has 2 aliphatic rings. The molecule has 3 aromatic rings. The summed E-state index contributed by atoms with van der Waals surface area (Å²) < 4.78 is 3.57. The molecule has 0 saturated carbocycles. The molecule has 0 amide bonds. The van der Waals surface area contributed by atoms with Crippen LogP contribution < -0.4 is 0 Å². The number of likely N-dealkylation sites (N-methyl/N-ethyl adjacent to an activating group) is 1. The Morgan fingerprint density at radius 3 is 2.60 bits per heavy atom. The fraction of sp³-hybridized carbons (Fsp3) is 0.407. The monoisotopic (exact) mass is 468 g/mol. The summed E-state index contributed by atoms with van der Waals surface area (Å²) >= 11 is 0. The minimum absolute atomic E-state index is 0.254. The predicted octanol–water partition coefficient (Wildman–Crippen LogP) is 4.11. The number of hydrogen-bond donors (Lipinski definition) is 0. The van der Waals surface area contributed by atoms with Gasteiger partial charge in [0.25, 0.3) is 0 Å². The van der Waals surface area contributed by atoms with Gasteiger partial charge in [0.05, 0.1) is 23.5 Å². The van der Waals surface area contributed by atoms with Crippen LogP contribution in [0.15, 0.2) is 53.8 Å². The van der Waals surface area contributed by atoms with Gasteiger partial charge in [-0.2, -0.15) is 15.5 Å². The molecule has 5 heterocycles. The molecule has 2 saturated heterocycles. The van der Waals surface area contributed by atoms with E-state index in [0.717, 1.165) is 53.1 Å². The van der Waals surface area contributed by atoms with E-state index >= 15 is 0 Å². The lowest BCUT2D eigenvalue weighted by Crippen LogP contribution is -2.53. The molecular weight excluding hydrogens is 436 g/mol. The Labute approximate surface area is 206 Å². The van der Waals surface area contributed by atoms with Crippen molar-refractivity contribution in [3.8, 4) is 17.2 Å². The molecule has 35 heavy (non-hydrogen) atoms. The maximum absolute atomic E-state index is 9.69. The third-order valence-corrected chi connectivity index (χ3v) is 7.66. The lowest BCUT2D eigenvalue weighted by molar-refractivity contribution is 0.0751. The summed E-state index contributed by atoms with van der Waals surface area (Å²) in [7, 11) is 4.16. The number of aliphatic imine (C=N–C) groups is 1. The molecule has 1 spiro atoms. The molecule has 8 nitrogen and oxygen atoms in total. The normalized spacial score (nSPS) is 21.7. The molecule has 0 aliphatic carbocycles. The minimum atomic E-state index is 0.254. The number of hydrogen-bond acceptors (Lipinski definition) is 6. The minimum Gasteiger partial charge on any atom is -0.355 e. The van der Waals surface area contributed by atoms with Gasteiger partial charge in [-0.15, -0.1) is 0 Å². The summed E-state index contributed by atoms with van der Waals surface area (Å²) in [5.74, 6) is 0.900. The molecule has 8 heteroatoms. The van der Waals surface area contributed by atoms with E-state index in [0.29, 0.717) is 5.56 Å². The first-order valence-corrected chi connectivity index (χ1v) is 12.2. The third kappa shape index (κ3) is 4.17. The first-order valence-electron chi connectivity index (χ1n) is 12.2. The van der Waals surface area contributed by atoms with Crippen LogP contribution in [0.3, 0.4) is 0 Å². The van der Waals surface area contributed by atoms with Gasteiger partial charge in [0.15, 0.2) is 0 Å². The average Bonchev–Trinajstić information content (AvgIpc) is 3.58. The molecule has 0 radical (unpaired) electrons. The van der Waals surface area contributed by atoms with E-state index < -0.39 is 0 Å². The van der Waals surface area contributed by atoms with Crippen molar-refractivity contribution in [1.29, 1.82) is 5.26 Å². The number of pyridine rings is 1. The second-order valence-electron chi connectivity index (χ2n) is 9.82. The van der Waals surface area contributed by atoms with Crippen molar-refractivity contribution in [2.24, 2.45) is 12.0 Å². The highest BCUT2D eigenvalue weighted by molar-refractivity contribution is 5.84. The molecule has 1 unspecified atom stereocenters. The maximum Gasteiger partial charge on any atom is 0.127 e. The lowest BCUT2D eigenvalue weighted by atomic mass is 9.86. The number of aryl methyl sites for hydroxylation is 1. The van der Waals surface area contributed by atoms with Crippen molar-refractivity contribution in [1.82, 2.24) is 29.2 Å². The molecular formula is C27H32N8. The summed E-state index contributed by atoms with van der Waals surface area (Å²) in [6.07, 6.45) is 16.4. The third-order valence-electron chi connectivity index (χ3n) is 7.66. The summed E-state index contributed by atoms with van der Waals surface area (Å²) in [6.45, 7) is 9.10. The fourth-order valence-electron chi connectivity index (χ4n) is 5.68. The first-order chi connectivity index (χ1) is 16.9. The largest absolute Gasteiger partial charge is 0.355 e. The molecule has 3 aromatic heterocycles. The van der Waals surface area contributed by atoms with Gasteiger partial charge in [-0.1, -0.05) is 6.08 Å². The first kappa shape index (κ1) is 23.1. The fourth-order valence-corrected chi connectivity index (χ4v) is 5.68. The van der Waals surface area contributed by atoms with Gasteiger partial charge >= 0.3 is 0 Å². The van der Waals surface area contributed by atoms with Crippen LogP contribution in [0.4, 0.5) is 0 Å². The molecule has 1 atom stereocenters. The molecule has 180 valence electrons. The SMILES string of the molecule is C=N/C(=C\C=C(/C)c1cc(-c2cnn(C)c2)cn2ncc(C#N)c12)N1CCCC2(CCCN2C)C1. The van der Waals surface area contributed by atoms with Crippen molar-refractivity contribution < 1.29 is 0 Å². The van der Waals surface area contributed by atoms with Gasteiger partial charge in [-0.25, -0.2) is 9.51 Å². The zero-order chi connectivity index (χ0) is 24.6. The van der Waals surface area contributed by atoms with Crippen LogP contribution in [0.1, 0.15) is 43.7 Å². The quantitative estimate of drug-likeness (QED) is 0.416. The standard InChI is InChI=1S/C27H32N8/c1-20(7-8-25(29-2)34-12-6-10-27(19-34)9-5-11-32(27)3)24-13-21(23-16-30-33(4)17-23)18-35-26(24)22(14-28)15-31-35/h7-8,13,15-18H,2,5-6,9-12,19H2,1,3-4H3/b20-7+,25-8+. The molecule has 0 N–H and O–H groups in total. The Kier molecular flexibility index (Phi) is 6.03. The van der Waals surface area contributed by atoms with Gasteiger partial charge in [-0.05, 0) is 70.6 Å². The average molecular weight is 469 g/mol. The summed E-state index contributed by atoms with van der Waals surface area (Å²) in [5.41, 5.74) is 5.60. The molecule has 2 aliphatic heterocycles. The molecule has 5 rings (SSSR count). The van der Waals surface area contributed by atoms with Crippen LogP contribution in [0, 0.1) is 11.3 Å². The van der Waals surface area contributed by atoms with Crippen molar-refractivity contribution in [3.05, 3.63) is 60.0 Å². The second kappa shape index (κ2) is 9.16. The topological polar surface area (TPSA) is 77.8 Å². The van der Waals surface area contributed by atoms with Crippen LogP contribution in [0.5, 0.6) is 0 Å². The highest BCUT2D eigenvalue weighted by Crippen LogP contribution is 2.37. The number of nitrogens with zero attached hydrogens (tertiary/aromatic N) is 8. The Balaban J connectivity index is 1.52.